The van der Waals surface area contributed by atoms with Gasteiger partial charge in [-0.25, -0.2) is 4.99 Å². The SMILES string of the molecule is CC(C)[C@H]1COC(C(O)C(C)(C)C)=N1. The first-order chi connectivity index (χ1) is 6.32. The molecule has 0 aromatic rings. The predicted octanol–water partition coefficient (Wildman–Crippen LogP) is 1.85. The number of rotatable bonds is 2. The highest BCUT2D eigenvalue weighted by molar-refractivity contribution is 5.82. The summed E-state index contributed by atoms with van der Waals surface area (Å²) in [5.41, 5.74) is -0.204. The van der Waals surface area contributed by atoms with Crippen molar-refractivity contribution in [2.24, 2.45) is 16.3 Å². The van der Waals surface area contributed by atoms with Crippen molar-refractivity contribution in [2.45, 2.75) is 46.8 Å². The van der Waals surface area contributed by atoms with Crippen molar-refractivity contribution in [1.29, 1.82) is 0 Å². The average molecular weight is 199 g/mol. The molecule has 0 saturated carbocycles. The van der Waals surface area contributed by atoms with Crippen LogP contribution in [0.4, 0.5) is 0 Å². The third-order valence-corrected chi connectivity index (χ3v) is 2.52. The van der Waals surface area contributed by atoms with Gasteiger partial charge in [0.15, 0.2) is 0 Å². The minimum atomic E-state index is -0.591. The third-order valence-electron chi connectivity index (χ3n) is 2.52. The van der Waals surface area contributed by atoms with E-state index < -0.39 is 6.10 Å². The first-order valence-corrected chi connectivity index (χ1v) is 5.21. The maximum Gasteiger partial charge on any atom is 0.214 e. The molecular formula is C11H21NO2. The van der Waals surface area contributed by atoms with Crippen LogP contribution in [0.25, 0.3) is 0 Å². The topological polar surface area (TPSA) is 41.8 Å². The summed E-state index contributed by atoms with van der Waals surface area (Å²) in [5, 5.41) is 9.93. The van der Waals surface area contributed by atoms with E-state index >= 15 is 0 Å². The van der Waals surface area contributed by atoms with Crippen LogP contribution in [0.2, 0.25) is 0 Å². The zero-order valence-electron chi connectivity index (χ0n) is 9.74. The molecule has 3 nitrogen and oxygen atoms in total. The second-order valence-electron chi connectivity index (χ2n) is 5.36. The van der Waals surface area contributed by atoms with Gasteiger partial charge in [0.1, 0.15) is 12.7 Å². The number of aliphatic imine (C=N–C) groups is 1. The number of nitrogens with zero attached hydrogens (tertiary/aromatic N) is 1. The average Bonchev–Trinajstić information content (AvgIpc) is 2.48. The van der Waals surface area contributed by atoms with Gasteiger partial charge in [0.25, 0.3) is 0 Å². The Bertz CT molecular complexity index is 228. The second-order valence-corrected chi connectivity index (χ2v) is 5.36. The zero-order chi connectivity index (χ0) is 10.9. The molecule has 1 rings (SSSR count). The first kappa shape index (κ1) is 11.5. The van der Waals surface area contributed by atoms with E-state index in [4.69, 9.17) is 4.74 Å². The molecular weight excluding hydrogens is 178 g/mol. The Hall–Kier alpha value is -0.570. The molecule has 0 fully saturated rings. The summed E-state index contributed by atoms with van der Waals surface area (Å²) in [6.45, 7) is 10.8. The van der Waals surface area contributed by atoms with E-state index in [1.807, 2.05) is 20.8 Å². The largest absolute Gasteiger partial charge is 0.477 e. The maximum absolute atomic E-state index is 9.93. The van der Waals surface area contributed by atoms with E-state index in [0.717, 1.165) is 0 Å². The molecule has 0 saturated heterocycles. The van der Waals surface area contributed by atoms with E-state index in [1.165, 1.54) is 0 Å². The fourth-order valence-electron chi connectivity index (χ4n) is 1.27. The van der Waals surface area contributed by atoms with Gasteiger partial charge < -0.3 is 9.84 Å². The molecule has 0 amide bonds. The van der Waals surface area contributed by atoms with E-state index in [0.29, 0.717) is 18.4 Å². The van der Waals surface area contributed by atoms with E-state index in [2.05, 4.69) is 18.8 Å². The van der Waals surface area contributed by atoms with Crippen molar-refractivity contribution >= 4 is 5.90 Å². The lowest BCUT2D eigenvalue weighted by Gasteiger charge is -2.24. The van der Waals surface area contributed by atoms with Crippen molar-refractivity contribution in [3.8, 4) is 0 Å². The van der Waals surface area contributed by atoms with Crippen LogP contribution < -0.4 is 0 Å². The maximum atomic E-state index is 9.93. The van der Waals surface area contributed by atoms with Crippen LogP contribution in [0.5, 0.6) is 0 Å². The molecule has 0 bridgehead atoms. The van der Waals surface area contributed by atoms with Gasteiger partial charge in [0, 0.05) is 0 Å². The summed E-state index contributed by atoms with van der Waals surface area (Å²) in [6, 6.07) is 0.210. The Morgan fingerprint density at radius 1 is 1.43 bits per heavy atom. The van der Waals surface area contributed by atoms with Crippen molar-refractivity contribution in [2.75, 3.05) is 6.61 Å². The Kier molecular flexibility index (Phi) is 3.20. The standard InChI is InChI=1S/C11H21NO2/c1-7(2)8-6-14-10(12-8)9(13)11(3,4)5/h7-9,13H,6H2,1-5H3/t8-,9?/m1/s1. The van der Waals surface area contributed by atoms with E-state index in [9.17, 15) is 5.11 Å². The number of ether oxygens (including phenoxy) is 1. The highest BCUT2D eigenvalue weighted by Crippen LogP contribution is 2.24. The van der Waals surface area contributed by atoms with Crippen molar-refractivity contribution in [3.05, 3.63) is 0 Å². The number of aliphatic hydroxyl groups is 1. The van der Waals surface area contributed by atoms with Crippen LogP contribution in [-0.2, 0) is 4.74 Å². The van der Waals surface area contributed by atoms with Crippen LogP contribution in [0.15, 0.2) is 4.99 Å². The molecule has 82 valence electrons. The summed E-state index contributed by atoms with van der Waals surface area (Å²) in [5.74, 6) is 0.982. The van der Waals surface area contributed by atoms with E-state index in [1.54, 1.807) is 0 Å². The Morgan fingerprint density at radius 2 is 2.00 bits per heavy atom. The summed E-state index contributed by atoms with van der Waals surface area (Å²) in [4.78, 5) is 4.40. The van der Waals surface area contributed by atoms with Crippen molar-refractivity contribution in [1.82, 2.24) is 0 Å². The Labute approximate surface area is 86.2 Å². The minimum absolute atomic E-state index is 0.204. The lowest BCUT2D eigenvalue weighted by molar-refractivity contribution is 0.0981. The molecule has 1 N–H and O–H groups in total. The molecule has 0 aromatic heterocycles. The summed E-state index contributed by atoms with van der Waals surface area (Å²) in [7, 11) is 0. The van der Waals surface area contributed by atoms with Gasteiger partial charge in [-0.2, -0.15) is 0 Å². The number of hydrogen-bond acceptors (Lipinski definition) is 3. The summed E-state index contributed by atoms with van der Waals surface area (Å²) >= 11 is 0. The molecule has 3 heteroatoms. The second kappa shape index (κ2) is 3.89. The van der Waals surface area contributed by atoms with Gasteiger partial charge in [-0.3, -0.25) is 0 Å². The molecule has 0 aliphatic carbocycles. The molecule has 0 aromatic carbocycles. The zero-order valence-corrected chi connectivity index (χ0v) is 9.74. The molecule has 2 atom stereocenters. The molecule has 1 unspecified atom stereocenters. The lowest BCUT2D eigenvalue weighted by Crippen LogP contribution is -2.34. The predicted molar refractivity (Wildman–Crippen MR) is 57.5 cm³/mol. The molecule has 14 heavy (non-hydrogen) atoms. The van der Waals surface area contributed by atoms with Crippen LogP contribution in [0, 0.1) is 11.3 Å². The fraction of sp³-hybridized carbons (Fsp3) is 0.909. The summed E-state index contributed by atoms with van der Waals surface area (Å²) < 4.78 is 5.42. The highest BCUT2D eigenvalue weighted by atomic mass is 16.5. The summed E-state index contributed by atoms with van der Waals surface area (Å²) in [6.07, 6.45) is -0.591. The van der Waals surface area contributed by atoms with Gasteiger partial charge in [-0.1, -0.05) is 34.6 Å². The molecule has 1 aliphatic heterocycles. The first-order valence-electron chi connectivity index (χ1n) is 5.21. The normalized spacial score (nSPS) is 24.8. The quantitative estimate of drug-likeness (QED) is 0.737. The molecule has 0 spiro atoms. The number of hydrogen-bond donors (Lipinski definition) is 1. The van der Waals surface area contributed by atoms with Gasteiger partial charge in [-0.15, -0.1) is 0 Å². The van der Waals surface area contributed by atoms with Gasteiger partial charge >= 0.3 is 0 Å². The van der Waals surface area contributed by atoms with E-state index in [-0.39, 0.29) is 11.5 Å². The fourth-order valence-corrected chi connectivity index (χ4v) is 1.27. The van der Waals surface area contributed by atoms with Crippen molar-refractivity contribution < 1.29 is 9.84 Å². The molecule has 1 aliphatic rings. The van der Waals surface area contributed by atoms with Gasteiger partial charge in [0.05, 0.1) is 6.04 Å². The number of aliphatic hydroxyl groups excluding tert-OH is 1. The van der Waals surface area contributed by atoms with Gasteiger partial charge in [0.2, 0.25) is 5.90 Å². The Balaban J connectivity index is 2.68. The molecule has 1 heterocycles. The Morgan fingerprint density at radius 3 is 2.36 bits per heavy atom. The highest BCUT2D eigenvalue weighted by Gasteiger charge is 2.33. The smallest absolute Gasteiger partial charge is 0.214 e. The van der Waals surface area contributed by atoms with Crippen molar-refractivity contribution in [3.63, 3.8) is 0 Å². The minimum Gasteiger partial charge on any atom is -0.477 e. The lowest BCUT2D eigenvalue weighted by atomic mass is 9.89. The molecule has 0 radical (unpaired) electrons. The third kappa shape index (κ3) is 2.47. The van der Waals surface area contributed by atoms with Gasteiger partial charge in [-0.05, 0) is 11.3 Å². The van der Waals surface area contributed by atoms with Crippen LogP contribution in [0.3, 0.4) is 0 Å². The monoisotopic (exact) mass is 199 g/mol. The van der Waals surface area contributed by atoms with Crippen LogP contribution in [0.1, 0.15) is 34.6 Å². The van der Waals surface area contributed by atoms with Crippen LogP contribution in [-0.4, -0.2) is 29.8 Å². The van der Waals surface area contributed by atoms with Crippen LogP contribution >= 0.6 is 0 Å².